The second-order valence-corrected chi connectivity index (χ2v) is 8.99. The minimum absolute atomic E-state index is 0.0652. The summed E-state index contributed by atoms with van der Waals surface area (Å²) >= 11 is 6.07. The zero-order valence-corrected chi connectivity index (χ0v) is 16.3. The van der Waals surface area contributed by atoms with Crippen LogP contribution in [0.25, 0.3) is 0 Å². The number of hydrogen-bond acceptors (Lipinski definition) is 4. The molecule has 1 saturated heterocycles. The molecule has 0 bridgehead atoms. The SMILES string of the molecule is CS(=O)(=O)c1ccc(Cl)c(NC(=O)[C@H]2CC(=O)N(Cc3ccccc3)C2)c1. The van der Waals surface area contributed by atoms with E-state index in [4.69, 9.17) is 11.6 Å². The highest BCUT2D eigenvalue weighted by Gasteiger charge is 2.34. The summed E-state index contributed by atoms with van der Waals surface area (Å²) < 4.78 is 23.4. The van der Waals surface area contributed by atoms with Crippen LogP contribution in [0.4, 0.5) is 5.69 Å². The lowest BCUT2D eigenvalue weighted by molar-refractivity contribution is -0.128. The van der Waals surface area contributed by atoms with Gasteiger partial charge in [0.2, 0.25) is 11.8 Å². The van der Waals surface area contributed by atoms with E-state index in [0.29, 0.717) is 13.1 Å². The largest absolute Gasteiger partial charge is 0.338 e. The first-order chi connectivity index (χ1) is 12.7. The Labute approximate surface area is 163 Å². The number of hydrogen-bond donors (Lipinski definition) is 1. The summed E-state index contributed by atoms with van der Waals surface area (Å²) in [5.41, 5.74) is 1.22. The van der Waals surface area contributed by atoms with Gasteiger partial charge in [0, 0.05) is 25.8 Å². The average molecular weight is 407 g/mol. The van der Waals surface area contributed by atoms with E-state index >= 15 is 0 Å². The first kappa shape index (κ1) is 19.4. The number of rotatable bonds is 5. The van der Waals surface area contributed by atoms with Crippen molar-refractivity contribution in [3.63, 3.8) is 0 Å². The van der Waals surface area contributed by atoms with Crippen LogP contribution in [0.5, 0.6) is 0 Å². The predicted molar refractivity (Wildman–Crippen MR) is 103 cm³/mol. The quantitative estimate of drug-likeness (QED) is 0.827. The van der Waals surface area contributed by atoms with Crippen molar-refractivity contribution >= 4 is 38.9 Å². The van der Waals surface area contributed by atoms with Crippen molar-refractivity contribution in [2.24, 2.45) is 5.92 Å². The number of carbonyl (C=O) groups is 2. The average Bonchev–Trinajstić information content (AvgIpc) is 2.97. The van der Waals surface area contributed by atoms with Crippen molar-refractivity contribution in [2.45, 2.75) is 17.9 Å². The fourth-order valence-corrected chi connectivity index (χ4v) is 3.78. The Morgan fingerprint density at radius 2 is 1.93 bits per heavy atom. The topological polar surface area (TPSA) is 83.5 Å². The van der Waals surface area contributed by atoms with Crippen molar-refractivity contribution in [3.8, 4) is 0 Å². The normalized spacial score (nSPS) is 17.2. The first-order valence-corrected chi connectivity index (χ1v) is 10.6. The summed E-state index contributed by atoms with van der Waals surface area (Å²) in [7, 11) is -3.42. The van der Waals surface area contributed by atoms with Gasteiger partial charge in [-0.15, -0.1) is 0 Å². The Morgan fingerprint density at radius 1 is 1.22 bits per heavy atom. The van der Waals surface area contributed by atoms with Gasteiger partial charge in [-0.1, -0.05) is 41.9 Å². The number of anilines is 1. The molecule has 6 nitrogen and oxygen atoms in total. The molecule has 1 N–H and O–H groups in total. The van der Waals surface area contributed by atoms with Gasteiger partial charge in [-0.25, -0.2) is 8.42 Å². The van der Waals surface area contributed by atoms with Crippen molar-refractivity contribution in [1.29, 1.82) is 0 Å². The molecule has 1 fully saturated rings. The van der Waals surface area contributed by atoms with Gasteiger partial charge in [0.05, 0.1) is 21.5 Å². The summed E-state index contributed by atoms with van der Waals surface area (Å²) in [4.78, 5) is 26.5. The van der Waals surface area contributed by atoms with Crippen LogP contribution in [0.2, 0.25) is 5.02 Å². The predicted octanol–water partition coefficient (Wildman–Crippen LogP) is 2.73. The third-order valence-electron chi connectivity index (χ3n) is 4.43. The molecular formula is C19H19ClN2O4S. The maximum atomic E-state index is 12.6. The molecule has 1 heterocycles. The smallest absolute Gasteiger partial charge is 0.229 e. The zero-order chi connectivity index (χ0) is 19.6. The number of likely N-dealkylation sites (tertiary alicyclic amines) is 1. The summed E-state index contributed by atoms with van der Waals surface area (Å²) in [6.07, 6.45) is 1.20. The van der Waals surface area contributed by atoms with Crippen LogP contribution >= 0.6 is 11.6 Å². The molecule has 27 heavy (non-hydrogen) atoms. The molecule has 2 aromatic rings. The maximum absolute atomic E-state index is 12.6. The van der Waals surface area contributed by atoms with E-state index in [9.17, 15) is 18.0 Å². The van der Waals surface area contributed by atoms with Crippen molar-refractivity contribution in [3.05, 3.63) is 59.1 Å². The first-order valence-electron chi connectivity index (χ1n) is 8.36. The minimum atomic E-state index is -3.42. The Morgan fingerprint density at radius 3 is 2.59 bits per heavy atom. The highest BCUT2D eigenvalue weighted by molar-refractivity contribution is 7.90. The monoisotopic (exact) mass is 406 g/mol. The van der Waals surface area contributed by atoms with Gasteiger partial charge in [-0.3, -0.25) is 9.59 Å². The van der Waals surface area contributed by atoms with Crippen LogP contribution < -0.4 is 5.32 Å². The number of nitrogens with one attached hydrogen (secondary N) is 1. The van der Waals surface area contributed by atoms with Gasteiger partial charge < -0.3 is 10.2 Å². The van der Waals surface area contributed by atoms with Crippen LogP contribution in [0.1, 0.15) is 12.0 Å². The molecular weight excluding hydrogens is 388 g/mol. The van der Waals surface area contributed by atoms with Crippen LogP contribution in [-0.2, 0) is 26.0 Å². The van der Waals surface area contributed by atoms with Gasteiger partial charge >= 0.3 is 0 Å². The summed E-state index contributed by atoms with van der Waals surface area (Å²) in [6, 6.07) is 13.7. The van der Waals surface area contributed by atoms with E-state index in [-0.39, 0.29) is 33.8 Å². The fraction of sp³-hybridized carbons (Fsp3) is 0.263. The van der Waals surface area contributed by atoms with Crippen LogP contribution in [-0.4, -0.2) is 37.9 Å². The van der Waals surface area contributed by atoms with E-state index < -0.39 is 15.8 Å². The van der Waals surface area contributed by atoms with E-state index in [0.717, 1.165) is 11.8 Å². The minimum Gasteiger partial charge on any atom is -0.338 e. The second-order valence-electron chi connectivity index (χ2n) is 6.56. The highest BCUT2D eigenvalue weighted by atomic mass is 35.5. The van der Waals surface area contributed by atoms with E-state index in [2.05, 4.69) is 5.32 Å². The molecule has 8 heteroatoms. The Bertz CT molecular complexity index is 976. The van der Waals surface area contributed by atoms with E-state index in [1.807, 2.05) is 30.3 Å². The molecule has 1 atom stereocenters. The lowest BCUT2D eigenvalue weighted by Gasteiger charge is -2.17. The fourth-order valence-electron chi connectivity index (χ4n) is 2.97. The van der Waals surface area contributed by atoms with Crippen molar-refractivity contribution < 1.29 is 18.0 Å². The van der Waals surface area contributed by atoms with Gasteiger partial charge in [-0.2, -0.15) is 0 Å². The summed E-state index contributed by atoms with van der Waals surface area (Å²) in [5.74, 6) is -0.958. The molecule has 2 amide bonds. The summed E-state index contributed by atoms with van der Waals surface area (Å²) in [5, 5.41) is 2.89. The summed E-state index contributed by atoms with van der Waals surface area (Å²) in [6.45, 7) is 0.761. The second kappa shape index (κ2) is 7.70. The number of benzene rings is 2. The number of carbonyl (C=O) groups excluding carboxylic acids is 2. The van der Waals surface area contributed by atoms with Gasteiger partial charge in [0.25, 0.3) is 0 Å². The van der Waals surface area contributed by atoms with Crippen LogP contribution in [0, 0.1) is 5.92 Å². The van der Waals surface area contributed by atoms with Gasteiger partial charge in [0.15, 0.2) is 9.84 Å². The maximum Gasteiger partial charge on any atom is 0.229 e. The molecule has 0 unspecified atom stereocenters. The third kappa shape index (κ3) is 4.67. The van der Waals surface area contributed by atoms with Crippen LogP contribution in [0.3, 0.4) is 0 Å². The molecule has 0 radical (unpaired) electrons. The van der Waals surface area contributed by atoms with Crippen molar-refractivity contribution in [1.82, 2.24) is 4.90 Å². The lowest BCUT2D eigenvalue weighted by Crippen LogP contribution is -2.28. The molecule has 1 aliphatic heterocycles. The zero-order valence-electron chi connectivity index (χ0n) is 14.7. The highest BCUT2D eigenvalue weighted by Crippen LogP contribution is 2.27. The lowest BCUT2D eigenvalue weighted by atomic mass is 10.1. The molecule has 0 aromatic heterocycles. The number of amides is 2. The Balaban J connectivity index is 1.70. The molecule has 3 rings (SSSR count). The number of sulfone groups is 1. The molecule has 0 saturated carbocycles. The van der Waals surface area contributed by atoms with Crippen molar-refractivity contribution in [2.75, 3.05) is 18.1 Å². The third-order valence-corrected chi connectivity index (χ3v) is 5.87. The molecule has 1 aliphatic rings. The standard InChI is InChI=1S/C19H19ClN2O4S/c1-27(25,26)15-7-8-16(20)17(10-15)21-19(24)14-9-18(23)22(12-14)11-13-5-3-2-4-6-13/h2-8,10,14H,9,11-12H2,1H3,(H,21,24)/t14-/m0/s1. The van der Waals surface area contributed by atoms with Gasteiger partial charge in [-0.05, 0) is 23.8 Å². The number of halogens is 1. The Hall–Kier alpha value is -2.38. The number of nitrogens with zero attached hydrogens (tertiary/aromatic N) is 1. The molecule has 0 spiro atoms. The van der Waals surface area contributed by atoms with Gasteiger partial charge in [0.1, 0.15) is 0 Å². The molecule has 2 aromatic carbocycles. The molecule has 0 aliphatic carbocycles. The Kier molecular flexibility index (Phi) is 5.53. The van der Waals surface area contributed by atoms with E-state index in [1.165, 1.54) is 18.2 Å². The molecule has 142 valence electrons. The van der Waals surface area contributed by atoms with Crippen LogP contribution in [0.15, 0.2) is 53.4 Å². The van der Waals surface area contributed by atoms with E-state index in [1.54, 1.807) is 4.90 Å².